The molecule has 0 aliphatic rings. The summed E-state index contributed by atoms with van der Waals surface area (Å²) in [5.74, 6) is 1.06. The van der Waals surface area contributed by atoms with Gasteiger partial charge in [-0.3, -0.25) is 4.84 Å². The Balaban J connectivity index is 0.00000123. The second-order valence-corrected chi connectivity index (χ2v) is 5.17. The third-order valence-electron chi connectivity index (χ3n) is 2.83. The van der Waals surface area contributed by atoms with Gasteiger partial charge in [-0.15, -0.1) is 0 Å². The first kappa shape index (κ1) is 24.0. The summed E-state index contributed by atoms with van der Waals surface area (Å²) in [6, 6.07) is 13.8. The van der Waals surface area contributed by atoms with Crippen LogP contribution in [0.4, 0.5) is 4.79 Å². The zero-order chi connectivity index (χ0) is 20.7. The summed E-state index contributed by atoms with van der Waals surface area (Å²) >= 11 is 0. The minimum absolute atomic E-state index is 0.0895. The molecule has 0 radical (unpaired) electrons. The number of methoxy groups -OCH3 is 1. The van der Waals surface area contributed by atoms with Crippen molar-refractivity contribution in [3.63, 3.8) is 0 Å². The molecule has 0 amide bonds. The average Bonchev–Trinajstić information content (AvgIpc) is 2.69. The van der Waals surface area contributed by atoms with Gasteiger partial charge >= 0.3 is 6.16 Å². The van der Waals surface area contributed by atoms with E-state index in [0.717, 1.165) is 5.56 Å². The first-order chi connectivity index (χ1) is 13.0. The molecule has 0 spiro atoms. The summed E-state index contributed by atoms with van der Waals surface area (Å²) in [7, 11) is 1.55. The van der Waals surface area contributed by atoms with E-state index in [2.05, 4.69) is 23.8 Å². The van der Waals surface area contributed by atoms with Crippen molar-refractivity contribution >= 4 is 12.0 Å². The molecule has 0 fully saturated rings. The van der Waals surface area contributed by atoms with Gasteiger partial charge in [0.25, 0.3) is 0 Å². The molecule has 0 aliphatic carbocycles. The number of carbonyl (C=O) groups excluding carboxylic acids is 1. The summed E-state index contributed by atoms with van der Waals surface area (Å²) in [6.45, 7) is 10.2. The van der Waals surface area contributed by atoms with E-state index in [1.54, 1.807) is 43.5 Å². The van der Waals surface area contributed by atoms with Crippen LogP contribution in [0.5, 0.6) is 11.5 Å². The molecule has 6 nitrogen and oxygen atoms in total. The van der Waals surface area contributed by atoms with E-state index in [-0.39, 0.29) is 5.84 Å². The SMILES string of the molecule is CC.CCC.COc1ccc(OC(=O)O/N=C(\N)c2ccc(C)cc2)cc1. The second kappa shape index (κ2) is 14.2. The van der Waals surface area contributed by atoms with Crippen molar-refractivity contribution in [1.82, 2.24) is 0 Å². The van der Waals surface area contributed by atoms with Crippen LogP contribution in [0.2, 0.25) is 0 Å². The number of hydrogen-bond donors (Lipinski definition) is 1. The molecule has 2 aromatic carbocycles. The quantitative estimate of drug-likeness (QED) is 0.196. The Labute approximate surface area is 161 Å². The van der Waals surface area contributed by atoms with E-state index in [4.69, 9.17) is 15.2 Å². The van der Waals surface area contributed by atoms with Crippen molar-refractivity contribution < 1.29 is 19.1 Å². The Morgan fingerprint density at radius 2 is 1.44 bits per heavy atom. The monoisotopic (exact) mass is 374 g/mol. The number of nitrogens with two attached hydrogens (primary N) is 1. The molecule has 2 N–H and O–H groups in total. The van der Waals surface area contributed by atoms with E-state index in [9.17, 15) is 4.79 Å². The van der Waals surface area contributed by atoms with E-state index in [1.807, 2.05) is 32.9 Å². The lowest BCUT2D eigenvalue weighted by Crippen LogP contribution is -2.16. The van der Waals surface area contributed by atoms with Crippen LogP contribution in [-0.4, -0.2) is 19.1 Å². The lowest BCUT2D eigenvalue weighted by Gasteiger charge is -2.04. The summed E-state index contributed by atoms with van der Waals surface area (Å²) in [4.78, 5) is 16.1. The summed E-state index contributed by atoms with van der Waals surface area (Å²) < 4.78 is 9.94. The minimum atomic E-state index is -0.972. The molecule has 0 saturated carbocycles. The zero-order valence-electron chi connectivity index (χ0n) is 17.0. The third-order valence-corrected chi connectivity index (χ3v) is 2.83. The summed E-state index contributed by atoms with van der Waals surface area (Å²) in [5.41, 5.74) is 7.47. The fraction of sp³-hybridized carbons (Fsp3) is 0.333. The maximum Gasteiger partial charge on any atom is 0.540 e. The third kappa shape index (κ3) is 9.89. The number of amidine groups is 1. The molecule has 0 unspecified atom stereocenters. The predicted octanol–water partition coefficient (Wildman–Crippen LogP) is 5.28. The maximum absolute atomic E-state index is 11.5. The van der Waals surface area contributed by atoms with Gasteiger partial charge in [-0.05, 0) is 31.2 Å². The lowest BCUT2D eigenvalue weighted by molar-refractivity contribution is 0.102. The van der Waals surface area contributed by atoms with Gasteiger partial charge in [-0.1, -0.05) is 69.1 Å². The number of benzene rings is 2. The first-order valence-corrected chi connectivity index (χ1v) is 8.93. The normalized spacial score (nSPS) is 9.78. The number of ether oxygens (including phenoxy) is 2. The van der Waals surface area contributed by atoms with Crippen molar-refractivity contribution in [3.05, 3.63) is 59.7 Å². The average molecular weight is 374 g/mol. The highest BCUT2D eigenvalue weighted by molar-refractivity contribution is 5.97. The molecule has 0 aliphatic heterocycles. The van der Waals surface area contributed by atoms with Crippen molar-refractivity contribution in [2.45, 2.75) is 41.0 Å². The fourth-order valence-electron chi connectivity index (χ4n) is 1.62. The highest BCUT2D eigenvalue weighted by Crippen LogP contribution is 2.17. The van der Waals surface area contributed by atoms with Crippen LogP contribution >= 0.6 is 0 Å². The van der Waals surface area contributed by atoms with Crippen LogP contribution < -0.4 is 15.2 Å². The van der Waals surface area contributed by atoms with E-state index < -0.39 is 6.16 Å². The van der Waals surface area contributed by atoms with Gasteiger partial charge in [0.2, 0.25) is 0 Å². The summed E-state index contributed by atoms with van der Waals surface area (Å²) in [5, 5.41) is 3.55. The first-order valence-electron chi connectivity index (χ1n) is 8.93. The van der Waals surface area contributed by atoms with E-state index in [0.29, 0.717) is 17.1 Å². The highest BCUT2D eigenvalue weighted by atomic mass is 16.8. The molecule has 0 atom stereocenters. The smallest absolute Gasteiger partial charge is 0.497 e. The highest BCUT2D eigenvalue weighted by Gasteiger charge is 2.07. The van der Waals surface area contributed by atoms with Crippen LogP contribution in [0, 0.1) is 6.92 Å². The van der Waals surface area contributed by atoms with Gasteiger partial charge in [0.1, 0.15) is 11.5 Å². The summed E-state index contributed by atoms with van der Waals surface area (Å²) in [6.07, 6.45) is 0.278. The van der Waals surface area contributed by atoms with Crippen molar-refractivity contribution in [2.24, 2.45) is 10.9 Å². The molecule has 2 rings (SSSR count). The van der Waals surface area contributed by atoms with Gasteiger partial charge in [0, 0.05) is 5.56 Å². The molecular weight excluding hydrogens is 344 g/mol. The maximum atomic E-state index is 11.5. The second-order valence-electron chi connectivity index (χ2n) is 5.17. The molecule has 6 heteroatoms. The number of aryl methyl sites for hydroxylation is 1. The topological polar surface area (TPSA) is 83.1 Å². The predicted molar refractivity (Wildman–Crippen MR) is 109 cm³/mol. The Bertz CT molecular complexity index is 680. The molecule has 0 heterocycles. The number of nitrogens with zero attached hydrogens (tertiary/aromatic N) is 1. The Morgan fingerprint density at radius 3 is 1.93 bits per heavy atom. The standard InChI is InChI=1S/C16H16N2O4.C3H8.C2H6/c1-11-3-5-12(6-4-11)15(17)18-22-16(19)21-14-9-7-13(20-2)8-10-14;1-3-2;1-2/h3-10H,1-2H3,(H2,17,18);3H2,1-2H3;1-2H3. The van der Waals surface area contributed by atoms with Gasteiger partial charge < -0.3 is 15.2 Å². The fourth-order valence-corrected chi connectivity index (χ4v) is 1.62. The minimum Gasteiger partial charge on any atom is -0.497 e. The van der Waals surface area contributed by atoms with Gasteiger partial charge in [0.05, 0.1) is 7.11 Å². The van der Waals surface area contributed by atoms with E-state index in [1.165, 1.54) is 6.42 Å². The van der Waals surface area contributed by atoms with E-state index >= 15 is 0 Å². The van der Waals surface area contributed by atoms with Crippen molar-refractivity contribution in [2.75, 3.05) is 7.11 Å². The van der Waals surface area contributed by atoms with Crippen LogP contribution in [0.1, 0.15) is 45.2 Å². The van der Waals surface area contributed by atoms with Crippen LogP contribution in [0.15, 0.2) is 53.7 Å². The van der Waals surface area contributed by atoms with Gasteiger partial charge in [-0.2, -0.15) is 0 Å². The molecule has 0 aromatic heterocycles. The Hall–Kier alpha value is -3.02. The number of oxime groups is 1. The zero-order valence-corrected chi connectivity index (χ0v) is 17.0. The van der Waals surface area contributed by atoms with Crippen molar-refractivity contribution in [3.8, 4) is 11.5 Å². The van der Waals surface area contributed by atoms with Crippen molar-refractivity contribution in [1.29, 1.82) is 0 Å². The largest absolute Gasteiger partial charge is 0.540 e. The van der Waals surface area contributed by atoms with Crippen LogP contribution in [0.25, 0.3) is 0 Å². The Morgan fingerprint density at radius 1 is 0.963 bits per heavy atom. The van der Waals surface area contributed by atoms with Gasteiger partial charge in [-0.25, -0.2) is 4.79 Å². The molecular formula is C21H30N2O4. The Kier molecular flexibility index (Phi) is 12.6. The number of rotatable bonds is 4. The lowest BCUT2D eigenvalue weighted by atomic mass is 10.1. The molecule has 148 valence electrons. The van der Waals surface area contributed by atoms with Gasteiger partial charge in [0.15, 0.2) is 5.84 Å². The molecule has 27 heavy (non-hydrogen) atoms. The molecule has 0 bridgehead atoms. The number of hydrogen-bond acceptors (Lipinski definition) is 5. The van der Waals surface area contributed by atoms with Crippen LogP contribution in [-0.2, 0) is 4.84 Å². The molecule has 2 aromatic rings. The molecule has 0 saturated heterocycles. The number of carbonyl (C=O) groups is 1. The van der Waals surface area contributed by atoms with Crippen LogP contribution in [0.3, 0.4) is 0 Å².